The predicted octanol–water partition coefficient (Wildman–Crippen LogP) is 4.09. The molecule has 10 heteroatoms. The van der Waals surface area contributed by atoms with Gasteiger partial charge in [0.2, 0.25) is 0 Å². The highest BCUT2D eigenvalue weighted by Gasteiger charge is 2.26. The molecule has 0 N–H and O–H groups in total. The van der Waals surface area contributed by atoms with Crippen molar-refractivity contribution in [2.75, 3.05) is 38.2 Å². The van der Waals surface area contributed by atoms with Crippen molar-refractivity contribution >= 4 is 46.0 Å². The summed E-state index contributed by atoms with van der Waals surface area (Å²) in [6.07, 6.45) is 3.30. The van der Waals surface area contributed by atoms with Gasteiger partial charge in [0.05, 0.1) is 29.9 Å². The van der Waals surface area contributed by atoms with Crippen LogP contribution in [0.5, 0.6) is 5.75 Å². The minimum Gasteiger partial charge on any atom is -0.496 e. The van der Waals surface area contributed by atoms with Gasteiger partial charge in [0, 0.05) is 36.2 Å². The molecule has 0 aliphatic carbocycles. The molecule has 4 aromatic rings. The van der Waals surface area contributed by atoms with Gasteiger partial charge in [-0.05, 0) is 36.4 Å². The second kappa shape index (κ2) is 8.88. The highest BCUT2D eigenvalue weighted by molar-refractivity contribution is 6.31. The van der Waals surface area contributed by atoms with Crippen LogP contribution in [0, 0.1) is 0 Å². The molecule has 3 heterocycles. The van der Waals surface area contributed by atoms with E-state index in [4.69, 9.17) is 27.9 Å². The van der Waals surface area contributed by atoms with Crippen LogP contribution in [0.25, 0.3) is 16.7 Å². The Morgan fingerprint density at radius 2 is 1.79 bits per heavy atom. The Hall–Kier alpha value is -3.36. The molecule has 168 valence electrons. The third-order valence-electron chi connectivity index (χ3n) is 5.66. The highest BCUT2D eigenvalue weighted by atomic mass is 35.5. The molecule has 8 nitrogen and oxygen atoms in total. The van der Waals surface area contributed by atoms with Crippen LogP contribution >= 0.6 is 23.2 Å². The number of fused-ring (bicyclic) bond motifs is 1. The minimum atomic E-state index is -0.101. The summed E-state index contributed by atoms with van der Waals surface area (Å²) in [6.45, 7) is 2.34. The van der Waals surface area contributed by atoms with Crippen LogP contribution in [-0.4, -0.2) is 63.8 Å². The number of ether oxygens (including phenoxy) is 1. The molecule has 0 radical (unpaired) electrons. The normalized spacial score (nSPS) is 14.0. The molecule has 0 saturated carbocycles. The molecular formula is C23H20Cl2N6O2. The van der Waals surface area contributed by atoms with E-state index < -0.39 is 0 Å². The van der Waals surface area contributed by atoms with Gasteiger partial charge in [-0.1, -0.05) is 29.3 Å². The van der Waals surface area contributed by atoms with Gasteiger partial charge in [-0.15, -0.1) is 0 Å². The minimum absolute atomic E-state index is 0.101. The van der Waals surface area contributed by atoms with Crippen molar-refractivity contribution in [1.82, 2.24) is 24.6 Å². The third-order valence-corrected chi connectivity index (χ3v) is 6.13. The van der Waals surface area contributed by atoms with Crippen LogP contribution in [0.1, 0.15) is 10.4 Å². The first-order valence-electron chi connectivity index (χ1n) is 10.4. The van der Waals surface area contributed by atoms with Crippen LogP contribution in [0.3, 0.4) is 0 Å². The molecule has 33 heavy (non-hydrogen) atoms. The number of anilines is 1. The maximum atomic E-state index is 13.1. The van der Waals surface area contributed by atoms with Crippen molar-refractivity contribution in [2.45, 2.75) is 0 Å². The first-order chi connectivity index (χ1) is 16.0. The Kier molecular flexibility index (Phi) is 5.78. The van der Waals surface area contributed by atoms with Crippen molar-refractivity contribution in [3.63, 3.8) is 0 Å². The fourth-order valence-electron chi connectivity index (χ4n) is 4.02. The number of amides is 1. The van der Waals surface area contributed by atoms with Crippen LogP contribution in [0.4, 0.5) is 5.82 Å². The van der Waals surface area contributed by atoms with Crippen molar-refractivity contribution in [2.24, 2.45) is 0 Å². The second-order valence-corrected chi connectivity index (χ2v) is 8.47. The Morgan fingerprint density at radius 3 is 2.55 bits per heavy atom. The van der Waals surface area contributed by atoms with E-state index in [-0.39, 0.29) is 5.91 Å². The zero-order valence-corrected chi connectivity index (χ0v) is 19.3. The number of hydrogen-bond acceptors (Lipinski definition) is 6. The molecule has 0 spiro atoms. The molecule has 0 atom stereocenters. The maximum Gasteiger partial charge on any atom is 0.257 e. The van der Waals surface area contributed by atoms with Crippen LogP contribution in [0.2, 0.25) is 10.0 Å². The molecule has 1 amide bonds. The van der Waals surface area contributed by atoms with Gasteiger partial charge < -0.3 is 14.5 Å². The van der Waals surface area contributed by atoms with Gasteiger partial charge in [-0.2, -0.15) is 5.10 Å². The highest BCUT2D eigenvalue weighted by Crippen LogP contribution is 2.28. The number of carbonyl (C=O) groups excluding carboxylic acids is 1. The number of rotatable bonds is 4. The molecule has 1 saturated heterocycles. The van der Waals surface area contributed by atoms with Gasteiger partial charge in [0.1, 0.15) is 17.9 Å². The molecule has 2 aromatic heterocycles. The van der Waals surface area contributed by atoms with Crippen molar-refractivity contribution in [1.29, 1.82) is 0 Å². The van der Waals surface area contributed by atoms with E-state index in [0.29, 0.717) is 53.2 Å². The average Bonchev–Trinajstić information content (AvgIpc) is 3.28. The zero-order chi connectivity index (χ0) is 22.9. The van der Waals surface area contributed by atoms with Crippen molar-refractivity contribution in [3.05, 3.63) is 70.6 Å². The van der Waals surface area contributed by atoms with Gasteiger partial charge in [-0.3, -0.25) is 4.79 Å². The number of carbonyl (C=O) groups is 1. The molecular weight excluding hydrogens is 463 g/mol. The van der Waals surface area contributed by atoms with Gasteiger partial charge in [0.15, 0.2) is 5.65 Å². The topological polar surface area (TPSA) is 76.4 Å². The molecule has 2 aromatic carbocycles. The quantitative estimate of drug-likeness (QED) is 0.435. The number of aromatic nitrogens is 4. The molecule has 0 bridgehead atoms. The largest absolute Gasteiger partial charge is 0.496 e. The van der Waals surface area contributed by atoms with Gasteiger partial charge in [0.25, 0.3) is 5.91 Å². The molecule has 1 fully saturated rings. The maximum absolute atomic E-state index is 13.1. The number of benzene rings is 2. The average molecular weight is 483 g/mol. The zero-order valence-electron chi connectivity index (χ0n) is 17.8. The summed E-state index contributed by atoms with van der Waals surface area (Å²) in [6, 6.07) is 12.5. The summed E-state index contributed by atoms with van der Waals surface area (Å²) in [7, 11) is 1.54. The number of piperazine rings is 1. The predicted molar refractivity (Wildman–Crippen MR) is 128 cm³/mol. The lowest BCUT2D eigenvalue weighted by Gasteiger charge is -2.35. The Labute approximate surface area is 200 Å². The van der Waals surface area contributed by atoms with Crippen molar-refractivity contribution < 1.29 is 9.53 Å². The summed E-state index contributed by atoms with van der Waals surface area (Å²) in [5.41, 5.74) is 1.99. The Balaban J connectivity index is 1.37. The van der Waals surface area contributed by atoms with Crippen LogP contribution in [-0.2, 0) is 0 Å². The van der Waals surface area contributed by atoms with Crippen LogP contribution < -0.4 is 9.64 Å². The fraction of sp³-hybridized carbons (Fsp3) is 0.217. The summed E-state index contributed by atoms with van der Waals surface area (Å²) >= 11 is 12.3. The number of methoxy groups -OCH3 is 1. The lowest BCUT2D eigenvalue weighted by molar-refractivity contribution is 0.0743. The molecule has 1 aliphatic rings. The molecule has 1 aliphatic heterocycles. The monoisotopic (exact) mass is 482 g/mol. The fourth-order valence-corrected chi connectivity index (χ4v) is 4.38. The number of hydrogen-bond donors (Lipinski definition) is 0. The van der Waals surface area contributed by atoms with Crippen LogP contribution in [0.15, 0.2) is 55.0 Å². The summed E-state index contributed by atoms with van der Waals surface area (Å²) < 4.78 is 7.09. The molecule has 0 unspecified atom stereocenters. The van der Waals surface area contributed by atoms with E-state index in [1.807, 2.05) is 24.3 Å². The Morgan fingerprint density at radius 1 is 1.00 bits per heavy atom. The summed E-state index contributed by atoms with van der Waals surface area (Å²) in [4.78, 5) is 26.0. The standard InChI is InChI=1S/C23H20Cl2N6O2/c1-33-20-6-5-16(25)12-18(20)23(32)30-9-7-29(8-10-30)21-19-13-28-31(22(19)27-14-26-21)17-4-2-3-15(24)11-17/h2-6,11-14H,7-10H2,1H3. The number of halogens is 2. The van der Waals surface area contributed by atoms with E-state index >= 15 is 0 Å². The lowest BCUT2D eigenvalue weighted by atomic mass is 10.1. The van der Waals surface area contributed by atoms with Crippen molar-refractivity contribution in [3.8, 4) is 11.4 Å². The smallest absolute Gasteiger partial charge is 0.257 e. The first-order valence-corrected chi connectivity index (χ1v) is 11.1. The van der Waals surface area contributed by atoms with E-state index in [1.165, 1.54) is 6.33 Å². The Bertz CT molecular complexity index is 1330. The second-order valence-electron chi connectivity index (χ2n) is 7.59. The third kappa shape index (κ3) is 4.07. The summed E-state index contributed by atoms with van der Waals surface area (Å²) in [5.74, 6) is 1.20. The first kappa shape index (κ1) is 21.5. The summed E-state index contributed by atoms with van der Waals surface area (Å²) in [5, 5.41) is 6.48. The van der Waals surface area contributed by atoms with E-state index in [0.717, 1.165) is 16.9 Å². The van der Waals surface area contributed by atoms with E-state index in [9.17, 15) is 4.79 Å². The van der Waals surface area contributed by atoms with E-state index in [2.05, 4.69) is 20.0 Å². The number of nitrogens with zero attached hydrogens (tertiary/aromatic N) is 6. The lowest BCUT2D eigenvalue weighted by Crippen LogP contribution is -2.49. The van der Waals surface area contributed by atoms with Gasteiger partial charge >= 0.3 is 0 Å². The molecule has 5 rings (SSSR count). The van der Waals surface area contributed by atoms with Gasteiger partial charge in [-0.25, -0.2) is 14.6 Å². The van der Waals surface area contributed by atoms with E-state index in [1.54, 1.807) is 41.1 Å². The SMILES string of the molecule is COc1ccc(Cl)cc1C(=O)N1CCN(c2ncnc3c2cnn3-c2cccc(Cl)c2)CC1.